The van der Waals surface area contributed by atoms with Crippen molar-refractivity contribution in [2.75, 3.05) is 0 Å². The number of fused-ring (bicyclic) bond motifs is 1. The molecule has 0 unspecified atom stereocenters. The molecule has 1 aliphatic carbocycles. The summed E-state index contributed by atoms with van der Waals surface area (Å²) in [5.74, 6) is 0.493. The number of nitrogens with zero attached hydrogens (tertiary/aromatic N) is 1. The molecule has 6 nitrogen and oxygen atoms in total. The number of furan rings is 1. The Morgan fingerprint density at radius 2 is 2.12 bits per heavy atom. The molecule has 0 spiro atoms. The van der Waals surface area contributed by atoms with Crippen LogP contribution in [0.25, 0.3) is 16.8 Å². The molecule has 1 saturated carbocycles. The second-order valence-corrected chi connectivity index (χ2v) is 6.44. The third-order valence-corrected chi connectivity index (χ3v) is 4.79. The Bertz CT molecular complexity index is 1070. The van der Waals surface area contributed by atoms with Crippen molar-refractivity contribution in [3.05, 3.63) is 63.3 Å². The van der Waals surface area contributed by atoms with Gasteiger partial charge in [-0.2, -0.15) is 0 Å². The first-order chi connectivity index (χ1) is 12.0. The second-order valence-electron chi connectivity index (χ2n) is 6.44. The van der Waals surface area contributed by atoms with Crippen LogP contribution in [0.2, 0.25) is 0 Å². The first kappa shape index (κ1) is 19.5. The predicted molar refractivity (Wildman–Crippen MR) is 94.0 cm³/mol. The molecule has 3 N–H and O–H groups in total. The van der Waals surface area contributed by atoms with E-state index in [0.29, 0.717) is 24.0 Å². The number of aromatic nitrogens is 1. The Labute approximate surface area is 193 Å². The van der Waals surface area contributed by atoms with Gasteiger partial charge in [-0.05, 0) is 61.1 Å². The summed E-state index contributed by atoms with van der Waals surface area (Å²) < 4.78 is 7.20. The average molecular weight is 378 g/mol. The van der Waals surface area contributed by atoms with E-state index in [1.807, 2.05) is 19.1 Å². The molecule has 3 aromatic heterocycles. The molecule has 3 aromatic rings. The maximum atomic E-state index is 12.6. The zero-order valence-corrected chi connectivity index (χ0v) is 17.9. The number of pyridine rings is 2. The molecular weight excluding hydrogens is 359 g/mol. The zero-order chi connectivity index (χ0) is 17.7. The average Bonchev–Trinajstić information content (AvgIpc) is 3.32. The summed E-state index contributed by atoms with van der Waals surface area (Å²) in [5.41, 5.74) is 8.39. The SMILES string of the molecule is Cc1c(-c2ccc(CN)o2)ccn2c(=O)c(C(=O)O)cc(C3CC3)c12.[H-].[K+]. The van der Waals surface area contributed by atoms with Crippen LogP contribution >= 0.6 is 0 Å². The summed E-state index contributed by atoms with van der Waals surface area (Å²) >= 11 is 0. The number of carboxylic acids is 1. The Morgan fingerprint density at radius 3 is 2.69 bits per heavy atom. The molecule has 0 bridgehead atoms. The third-order valence-electron chi connectivity index (χ3n) is 4.79. The molecule has 0 saturated heterocycles. The smallest absolute Gasteiger partial charge is 1.00 e. The Morgan fingerprint density at radius 1 is 1.38 bits per heavy atom. The van der Waals surface area contributed by atoms with Crippen molar-refractivity contribution in [3.63, 3.8) is 0 Å². The van der Waals surface area contributed by atoms with Crippen molar-refractivity contribution in [2.24, 2.45) is 5.73 Å². The summed E-state index contributed by atoms with van der Waals surface area (Å²) in [5, 5.41) is 9.34. The molecular formula is C19H19KN2O4. The summed E-state index contributed by atoms with van der Waals surface area (Å²) in [6.45, 7) is 2.25. The van der Waals surface area contributed by atoms with Gasteiger partial charge in [0.05, 0.1) is 12.1 Å². The van der Waals surface area contributed by atoms with E-state index in [2.05, 4.69) is 0 Å². The number of hydrogen-bond donors (Lipinski definition) is 2. The molecule has 0 amide bonds. The molecule has 7 heteroatoms. The van der Waals surface area contributed by atoms with Crippen molar-refractivity contribution in [3.8, 4) is 11.3 Å². The minimum Gasteiger partial charge on any atom is -1.00 e. The first-order valence-electron chi connectivity index (χ1n) is 8.22. The van der Waals surface area contributed by atoms with Gasteiger partial charge in [0.2, 0.25) is 0 Å². The number of nitrogens with two attached hydrogens (primary N) is 1. The Hall–Kier alpha value is -1.22. The zero-order valence-electron chi connectivity index (χ0n) is 15.8. The molecule has 0 atom stereocenters. The van der Waals surface area contributed by atoms with Crippen LogP contribution in [0.1, 0.15) is 47.4 Å². The van der Waals surface area contributed by atoms with Gasteiger partial charge in [-0.1, -0.05) is 0 Å². The summed E-state index contributed by atoms with van der Waals surface area (Å²) in [4.78, 5) is 24.0. The summed E-state index contributed by atoms with van der Waals surface area (Å²) in [6, 6.07) is 7.02. The number of carboxylic acid groups (broad SMARTS) is 1. The van der Waals surface area contributed by atoms with E-state index in [1.165, 1.54) is 4.40 Å². The van der Waals surface area contributed by atoms with E-state index in [1.54, 1.807) is 18.3 Å². The fourth-order valence-corrected chi connectivity index (χ4v) is 3.36. The normalized spacial score (nSPS) is 13.6. The number of hydrogen-bond acceptors (Lipinski definition) is 4. The van der Waals surface area contributed by atoms with Crippen molar-refractivity contribution < 1.29 is 67.1 Å². The van der Waals surface area contributed by atoms with Gasteiger partial charge in [0.1, 0.15) is 17.1 Å². The number of aryl methyl sites for hydroxylation is 1. The quantitative estimate of drug-likeness (QED) is 0.624. The van der Waals surface area contributed by atoms with Gasteiger partial charge >= 0.3 is 57.4 Å². The fraction of sp³-hybridized carbons (Fsp3) is 0.263. The van der Waals surface area contributed by atoms with E-state index >= 15 is 0 Å². The summed E-state index contributed by atoms with van der Waals surface area (Å²) in [7, 11) is 0. The monoisotopic (exact) mass is 378 g/mol. The van der Waals surface area contributed by atoms with Crippen molar-refractivity contribution in [1.29, 1.82) is 0 Å². The molecule has 0 aliphatic heterocycles. The largest absolute Gasteiger partial charge is 1.00 e. The molecule has 26 heavy (non-hydrogen) atoms. The maximum absolute atomic E-state index is 12.6. The van der Waals surface area contributed by atoms with E-state index in [9.17, 15) is 14.7 Å². The van der Waals surface area contributed by atoms with Gasteiger partial charge in [-0.25, -0.2) is 4.79 Å². The van der Waals surface area contributed by atoms with Crippen LogP contribution in [-0.4, -0.2) is 15.5 Å². The van der Waals surface area contributed by atoms with Gasteiger partial charge in [0.15, 0.2) is 0 Å². The summed E-state index contributed by atoms with van der Waals surface area (Å²) in [6.07, 6.45) is 3.65. The van der Waals surface area contributed by atoms with Crippen LogP contribution in [0, 0.1) is 6.92 Å². The van der Waals surface area contributed by atoms with Gasteiger partial charge in [-0.3, -0.25) is 9.20 Å². The van der Waals surface area contributed by atoms with Crippen LogP contribution in [0.5, 0.6) is 0 Å². The van der Waals surface area contributed by atoms with E-state index in [4.69, 9.17) is 10.2 Å². The molecule has 0 radical (unpaired) electrons. The van der Waals surface area contributed by atoms with Crippen molar-refractivity contribution in [2.45, 2.75) is 32.2 Å². The third kappa shape index (κ3) is 3.24. The number of aromatic carboxylic acids is 1. The van der Waals surface area contributed by atoms with E-state index in [0.717, 1.165) is 35.0 Å². The molecule has 0 aromatic carbocycles. The second kappa shape index (κ2) is 7.42. The topological polar surface area (TPSA) is 97.9 Å². The van der Waals surface area contributed by atoms with Gasteiger partial charge in [0.25, 0.3) is 5.56 Å². The number of rotatable bonds is 4. The van der Waals surface area contributed by atoms with Crippen LogP contribution < -0.4 is 62.7 Å². The molecule has 130 valence electrons. The molecule has 1 aliphatic rings. The van der Waals surface area contributed by atoms with Crippen molar-refractivity contribution in [1.82, 2.24) is 4.40 Å². The maximum Gasteiger partial charge on any atom is 1.00 e. The van der Waals surface area contributed by atoms with Gasteiger partial charge in [0, 0.05) is 11.8 Å². The van der Waals surface area contributed by atoms with E-state index in [-0.39, 0.29) is 58.4 Å². The molecule has 1 fully saturated rings. The first-order valence-corrected chi connectivity index (χ1v) is 8.22. The van der Waals surface area contributed by atoms with Crippen LogP contribution in [0.4, 0.5) is 0 Å². The minimum atomic E-state index is -1.19. The standard InChI is InChI=1S/C19H18N2O4.K.H/c1-10-13(16-5-4-12(9-20)25-16)6-7-21-17(10)14(11-2-3-11)8-15(18(21)22)19(23)24;;/h4-8,11H,2-3,9,20H2,1H3,(H,23,24);;/q;+1;-1. The Kier molecular flexibility index (Phi) is 5.57. The minimum absolute atomic E-state index is 0. The predicted octanol–water partition coefficient (Wildman–Crippen LogP) is 0.0187. The van der Waals surface area contributed by atoms with Crippen molar-refractivity contribution >= 4 is 11.5 Å². The van der Waals surface area contributed by atoms with Crippen LogP contribution in [0.15, 0.2) is 39.7 Å². The molecule has 3 heterocycles. The van der Waals surface area contributed by atoms with Gasteiger partial charge in [-0.15, -0.1) is 0 Å². The Balaban J connectivity index is 0.00000131. The number of carbonyl (C=O) groups is 1. The van der Waals surface area contributed by atoms with Crippen LogP contribution in [0.3, 0.4) is 0 Å². The van der Waals surface area contributed by atoms with E-state index < -0.39 is 11.5 Å². The van der Waals surface area contributed by atoms with Gasteiger partial charge < -0.3 is 16.7 Å². The van der Waals surface area contributed by atoms with Crippen LogP contribution in [-0.2, 0) is 6.54 Å². The molecule has 4 rings (SSSR count). The fourth-order valence-electron chi connectivity index (χ4n) is 3.36.